The van der Waals surface area contributed by atoms with Crippen LogP contribution in [0, 0.1) is 6.92 Å². The molecule has 0 saturated carbocycles. The largest absolute Gasteiger partial charge is 0.454 e. The Bertz CT molecular complexity index is 863. The summed E-state index contributed by atoms with van der Waals surface area (Å²) in [4.78, 5) is 4.94. The lowest BCUT2D eigenvalue weighted by atomic mass is 9.89. The first-order valence-electron chi connectivity index (χ1n) is 10.3. The molecule has 1 unspecified atom stereocenters. The maximum absolute atomic E-state index is 11.3. The Morgan fingerprint density at radius 3 is 2.61 bits per heavy atom. The zero-order valence-electron chi connectivity index (χ0n) is 16.4. The van der Waals surface area contributed by atoms with Gasteiger partial charge in [0.05, 0.1) is 0 Å². The van der Waals surface area contributed by atoms with Gasteiger partial charge in [0.15, 0.2) is 11.5 Å². The number of hydrogen-bond donors (Lipinski definition) is 1. The summed E-state index contributed by atoms with van der Waals surface area (Å²) in [5, 5.41) is 11.3. The molecule has 1 N–H and O–H groups in total. The van der Waals surface area contributed by atoms with Crippen LogP contribution in [0.1, 0.15) is 30.4 Å². The van der Waals surface area contributed by atoms with E-state index < -0.39 is 5.60 Å². The van der Waals surface area contributed by atoms with E-state index in [0.29, 0.717) is 12.8 Å². The minimum atomic E-state index is -0.709. The lowest BCUT2D eigenvalue weighted by Gasteiger charge is -2.38. The Morgan fingerprint density at radius 2 is 1.79 bits per heavy atom. The lowest BCUT2D eigenvalue weighted by Crippen LogP contribution is -2.45. The molecular formula is C23H28N2O3. The molecule has 2 saturated heterocycles. The van der Waals surface area contributed by atoms with Gasteiger partial charge in [0, 0.05) is 44.0 Å². The Morgan fingerprint density at radius 1 is 1.00 bits per heavy atom. The fourth-order valence-electron chi connectivity index (χ4n) is 5.02. The third-order valence-electron chi connectivity index (χ3n) is 6.63. The van der Waals surface area contributed by atoms with Gasteiger partial charge in [0.25, 0.3) is 0 Å². The van der Waals surface area contributed by atoms with Crippen LogP contribution < -0.4 is 14.4 Å². The first kappa shape index (κ1) is 17.8. The second-order valence-corrected chi connectivity index (χ2v) is 8.32. The van der Waals surface area contributed by atoms with Gasteiger partial charge in [-0.3, -0.25) is 4.90 Å². The molecule has 5 heteroatoms. The van der Waals surface area contributed by atoms with E-state index in [2.05, 4.69) is 41.0 Å². The Labute approximate surface area is 166 Å². The van der Waals surface area contributed by atoms with Crippen LogP contribution >= 0.6 is 0 Å². The molecule has 0 bridgehead atoms. The molecule has 0 spiro atoms. The number of β-amino-alcohol motifs (C(OH)–C–C–N with tert-alkyl or cyclic N) is 1. The summed E-state index contributed by atoms with van der Waals surface area (Å²) < 4.78 is 10.9. The molecule has 2 aromatic carbocycles. The molecule has 2 aromatic rings. The van der Waals surface area contributed by atoms with Crippen molar-refractivity contribution in [2.24, 2.45) is 0 Å². The van der Waals surface area contributed by atoms with Crippen molar-refractivity contribution in [3.8, 4) is 11.5 Å². The maximum Gasteiger partial charge on any atom is 0.231 e. The lowest BCUT2D eigenvalue weighted by molar-refractivity contribution is 0.0379. The van der Waals surface area contributed by atoms with Crippen LogP contribution in [0.5, 0.6) is 11.5 Å². The Kier molecular flexibility index (Phi) is 4.44. The number of likely N-dealkylation sites (tertiary alicyclic amines) is 1. The summed E-state index contributed by atoms with van der Waals surface area (Å²) in [5.74, 6) is 1.69. The third-order valence-corrected chi connectivity index (χ3v) is 6.63. The summed E-state index contributed by atoms with van der Waals surface area (Å²) >= 11 is 0. The Hall–Kier alpha value is -2.24. The zero-order valence-corrected chi connectivity index (χ0v) is 16.4. The van der Waals surface area contributed by atoms with Crippen molar-refractivity contribution in [2.45, 2.75) is 37.8 Å². The van der Waals surface area contributed by atoms with E-state index in [1.54, 1.807) is 0 Å². The number of anilines is 1. The number of hydrogen-bond acceptors (Lipinski definition) is 5. The fourth-order valence-corrected chi connectivity index (χ4v) is 5.02. The molecule has 1 atom stereocenters. The second-order valence-electron chi connectivity index (χ2n) is 8.32. The molecule has 2 fully saturated rings. The monoisotopic (exact) mass is 380 g/mol. The number of piperidine rings is 1. The molecule has 0 aromatic heterocycles. The van der Waals surface area contributed by atoms with Gasteiger partial charge in [-0.2, -0.15) is 0 Å². The van der Waals surface area contributed by atoms with Crippen LogP contribution in [-0.2, 0) is 5.60 Å². The topological polar surface area (TPSA) is 45.2 Å². The van der Waals surface area contributed by atoms with E-state index in [1.807, 2.05) is 18.2 Å². The van der Waals surface area contributed by atoms with E-state index >= 15 is 0 Å². The van der Waals surface area contributed by atoms with Crippen LogP contribution in [0.3, 0.4) is 0 Å². The molecule has 3 aliphatic rings. The molecule has 0 aliphatic carbocycles. The van der Waals surface area contributed by atoms with Crippen LogP contribution in [0.25, 0.3) is 0 Å². The fraction of sp³-hybridized carbons (Fsp3) is 0.478. The molecule has 3 aliphatic heterocycles. The number of ether oxygens (including phenoxy) is 2. The minimum Gasteiger partial charge on any atom is -0.454 e. The molecule has 5 rings (SSSR count). The van der Waals surface area contributed by atoms with E-state index in [0.717, 1.165) is 62.5 Å². The van der Waals surface area contributed by atoms with Crippen LogP contribution in [0.4, 0.5) is 5.69 Å². The molecule has 5 nitrogen and oxygen atoms in total. The first-order chi connectivity index (χ1) is 13.6. The summed E-state index contributed by atoms with van der Waals surface area (Å²) in [5.41, 5.74) is 2.78. The SMILES string of the molecule is Cc1ccccc1C1(O)CCN(C2CCN(c3ccc4c(c3)OCO4)CC2)C1. The normalized spacial score (nSPS) is 25.4. The number of rotatable bonds is 3. The average molecular weight is 380 g/mol. The standard InChI is InChI=1S/C23H28N2O3/c1-17-4-2-3-5-20(17)23(26)10-13-25(15-23)18-8-11-24(12-9-18)19-6-7-21-22(14-19)28-16-27-21/h2-7,14,18,26H,8-13,15-16H2,1H3. The average Bonchev–Trinajstić information content (AvgIpc) is 3.35. The van der Waals surface area contributed by atoms with Crippen molar-refractivity contribution in [2.75, 3.05) is 37.9 Å². The van der Waals surface area contributed by atoms with Crippen LogP contribution in [0.15, 0.2) is 42.5 Å². The van der Waals surface area contributed by atoms with E-state index in [-0.39, 0.29) is 0 Å². The predicted octanol–water partition coefficient (Wildman–Crippen LogP) is 3.29. The molecule has 0 amide bonds. The van der Waals surface area contributed by atoms with E-state index in [9.17, 15) is 5.11 Å². The number of aliphatic hydroxyl groups is 1. The molecule has 148 valence electrons. The van der Waals surface area contributed by atoms with E-state index in [4.69, 9.17) is 9.47 Å². The Balaban J connectivity index is 1.22. The summed E-state index contributed by atoms with van der Waals surface area (Å²) in [6.45, 7) is 6.19. The van der Waals surface area contributed by atoms with Crippen molar-refractivity contribution in [3.05, 3.63) is 53.6 Å². The number of fused-ring (bicyclic) bond motifs is 1. The predicted molar refractivity (Wildman–Crippen MR) is 109 cm³/mol. The molecule has 3 heterocycles. The first-order valence-corrected chi connectivity index (χ1v) is 10.3. The van der Waals surface area contributed by atoms with Crippen molar-refractivity contribution in [1.29, 1.82) is 0 Å². The third kappa shape index (κ3) is 3.12. The highest BCUT2D eigenvalue weighted by Crippen LogP contribution is 2.38. The second kappa shape index (κ2) is 6.98. The van der Waals surface area contributed by atoms with Gasteiger partial charge in [-0.15, -0.1) is 0 Å². The summed E-state index contributed by atoms with van der Waals surface area (Å²) in [6, 6.07) is 15.0. The van der Waals surface area contributed by atoms with Crippen LogP contribution in [-0.4, -0.2) is 49.0 Å². The smallest absolute Gasteiger partial charge is 0.231 e. The van der Waals surface area contributed by atoms with Crippen molar-refractivity contribution in [3.63, 3.8) is 0 Å². The van der Waals surface area contributed by atoms with Gasteiger partial charge in [0.1, 0.15) is 5.60 Å². The number of nitrogens with zero attached hydrogens (tertiary/aromatic N) is 2. The van der Waals surface area contributed by atoms with Gasteiger partial charge in [-0.05, 0) is 49.4 Å². The van der Waals surface area contributed by atoms with Gasteiger partial charge < -0.3 is 19.5 Å². The van der Waals surface area contributed by atoms with Crippen molar-refractivity contribution >= 4 is 5.69 Å². The van der Waals surface area contributed by atoms with Crippen molar-refractivity contribution in [1.82, 2.24) is 4.90 Å². The molecule has 0 radical (unpaired) electrons. The zero-order chi connectivity index (χ0) is 19.1. The molecular weight excluding hydrogens is 352 g/mol. The maximum atomic E-state index is 11.3. The quantitative estimate of drug-likeness (QED) is 0.885. The summed E-state index contributed by atoms with van der Waals surface area (Å²) in [7, 11) is 0. The van der Waals surface area contributed by atoms with Crippen LogP contribution in [0.2, 0.25) is 0 Å². The van der Waals surface area contributed by atoms with Gasteiger partial charge in [-0.1, -0.05) is 24.3 Å². The highest BCUT2D eigenvalue weighted by atomic mass is 16.7. The van der Waals surface area contributed by atoms with Gasteiger partial charge >= 0.3 is 0 Å². The van der Waals surface area contributed by atoms with E-state index in [1.165, 1.54) is 11.3 Å². The number of aryl methyl sites for hydroxylation is 1. The van der Waals surface area contributed by atoms with Gasteiger partial charge in [-0.25, -0.2) is 0 Å². The van der Waals surface area contributed by atoms with Crippen molar-refractivity contribution < 1.29 is 14.6 Å². The minimum absolute atomic E-state index is 0.319. The van der Waals surface area contributed by atoms with Gasteiger partial charge in [0.2, 0.25) is 6.79 Å². The summed E-state index contributed by atoms with van der Waals surface area (Å²) in [6.07, 6.45) is 3.07. The molecule has 28 heavy (non-hydrogen) atoms. The highest BCUT2D eigenvalue weighted by Gasteiger charge is 2.41. The number of benzene rings is 2. The highest BCUT2D eigenvalue weighted by molar-refractivity contribution is 5.57.